The van der Waals surface area contributed by atoms with Crippen LogP contribution in [0.4, 0.5) is 5.69 Å². The normalized spacial score (nSPS) is 15.4. The molecule has 94 valence electrons. The molecule has 0 unspecified atom stereocenters. The third-order valence-corrected chi connectivity index (χ3v) is 3.23. The predicted octanol–water partition coefficient (Wildman–Crippen LogP) is 2.86. The minimum Gasteiger partial charge on any atom is -0.497 e. The topological polar surface area (TPSA) is 78.8 Å². The van der Waals surface area contributed by atoms with Crippen molar-refractivity contribution in [2.24, 2.45) is 0 Å². The average molecular weight is 265 g/mol. The van der Waals surface area contributed by atoms with Crippen LogP contribution < -0.4 is 5.32 Å². The highest BCUT2D eigenvalue weighted by Gasteiger charge is 2.25. The van der Waals surface area contributed by atoms with Gasteiger partial charge in [0, 0.05) is 5.69 Å². The van der Waals surface area contributed by atoms with Crippen LogP contribution in [0.1, 0.15) is 6.92 Å². The Morgan fingerprint density at radius 2 is 1.94 bits per heavy atom. The number of anilines is 1. The van der Waals surface area contributed by atoms with Crippen LogP contribution in [0.2, 0.25) is 0 Å². The maximum atomic E-state index is 11.9. The maximum absolute atomic E-state index is 11.9. The minimum absolute atomic E-state index is 0.203. The number of allylic oxidation sites excluding steroid dienone is 1. The smallest absolute Gasteiger partial charge is 0.333 e. The highest BCUT2D eigenvalue weighted by molar-refractivity contribution is 8.07. The van der Waals surface area contributed by atoms with Gasteiger partial charge in [0.2, 0.25) is 5.09 Å². The number of carbonyl (C=O) groups is 1. The average Bonchev–Trinajstić information content (AvgIpc) is 2.35. The molecule has 1 heterocycles. The summed E-state index contributed by atoms with van der Waals surface area (Å²) in [5.74, 6) is -0.750. The lowest BCUT2D eigenvalue weighted by atomic mass is 10.3. The molecule has 5 nitrogen and oxygen atoms in total. The van der Waals surface area contributed by atoms with Crippen molar-refractivity contribution in [2.75, 3.05) is 5.32 Å². The van der Waals surface area contributed by atoms with Gasteiger partial charge in [0.05, 0.1) is 0 Å². The second kappa shape index (κ2) is 5.05. The summed E-state index contributed by atoms with van der Waals surface area (Å²) in [6.45, 7) is 1.54. The molecule has 1 amide bonds. The molecule has 1 aromatic rings. The Balaban J connectivity index is 2.13. The third kappa shape index (κ3) is 2.60. The summed E-state index contributed by atoms with van der Waals surface area (Å²) in [7, 11) is 0. The van der Waals surface area contributed by atoms with Gasteiger partial charge in [0.25, 0.3) is 5.91 Å². The summed E-state index contributed by atoms with van der Waals surface area (Å²) in [5, 5.41) is 20.7. The zero-order valence-electron chi connectivity index (χ0n) is 9.51. The van der Waals surface area contributed by atoms with Gasteiger partial charge in [-0.25, -0.2) is 0 Å². The van der Waals surface area contributed by atoms with Crippen molar-refractivity contribution in [1.82, 2.24) is 0 Å². The molecule has 0 atom stereocenters. The van der Waals surface area contributed by atoms with Crippen LogP contribution in [0.25, 0.3) is 0 Å². The van der Waals surface area contributed by atoms with E-state index in [-0.39, 0.29) is 10.7 Å². The fourth-order valence-corrected chi connectivity index (χ4v) is 2.01. The lowest BCUT2D eigenvalue weighted by Gasteiger charge is -2.16. The first-order valence-electron chi connectivity index (χ1n) is 5.13. The Morgan fingerprint density at radius 3 is 2.61 bits per heavy atom. The number of thioether (sulfide) groups is 1. The minimum atomic E-state index is -0.589. The van der Waals surface area contributed by atoms with Crippen LogP contribution >= 0.6 is 11.8 Å². The first-order chi connectivity index (χ1) is 8.58. The van der Waals surface area contributed by atoms with Gasteiger partial charge >= 0.3 is 5.95 Å². The molecule has 0 bridgehead atoms. The van der Waals surface area contributed by atoms with E-state index in [0.29, 0.717) is 5.69 Å². The van der Waals surface area contributed by atoms with Gasteiger partial charge in [-0.15, -0.1) is 0 Å². The number of nitrogens with one attached hydrogen (secondary N) is 1. The van der Waals surface area contributed by atoms with E-state index < -0.39 is 16.9 Å². The first kappa shape index (κ1) is 12.4. The maximum Gasteiger partial charge on any atom is 0.333 e. The second-order valence-electron chi connectivity index (χ2n) is 3.52. The Morgan fingerprint density at radius 1 is 1.28 bits per heavy atom. The molecule has 0 radical (unpaired) electrons. The van der Waals surface area contributed by atoms with E-state index in [0.717, 1.165) is 11.8 Å². The lowest BCUT2D eigenvalue weighted by Crippen LogP contribution is -2.17. The van der Waals surface area contributed by atoms with Crippen molar-refractivity contribution in [2.45, 2.75) is 6.92 Å². The number of rotatable bonds is 2. The number of benzene rings is 1. The third-order valence-electron chi connectivity index (χ3n) is 2.19. The van der Waals surface area contributed by atoms with E-state index in [1.165, 1.54) is 6.92 Å². The molecule has 2 rings (SSSR count). The van der Waals surface area contributed by atoms with Crippen molar-refractivity contribution in [1.29, 1.82) is 0 Å². The second-order valence-corrected chi connectivity index (χ2v) is 4.52. The van der Waals surface area contributed by atoms with E-state index in [1.54, 1.807) is 24.3 Å². The molecular formula is C12H11NO4S. The summed E-state index contributed by atoms with van der Waals surface area (Å²) in [6.07, 6.45) is 0. The summed E-state index contributed by atoms with van der Waals surface area (Å²) in [5.41, 5.74) is 0.640. The number of aliphatic hydroxyl groups excluding tert-OH is 2. The van der Waals surface area contributed by atoms with Gasteiger partial charge in [-0.3, -0.25) is 4.79 Å². The molecule has 0 spiro atoms. The van der Waals surface area contributed by atoms with Gasteiger partial charge < -0.3 is 20.3 Å². The molecule has 0 aliphatic carbocycles. The molecule has 1 aromatic carbocycles. The predicted molar refractivity (Wildman–Crippen MR) is 68.7 cm³/mol. The van der Waals surface area contributed by atoms with Crippen LogP contribution in [-0.4, -0.2) is 16.1 Å². The van der Waals surface area contributed by atoms with E-state index in [2.05, 4.69) is 5.32 Å². The molecular weight excluding hydrogens is 254 g/mol. The van der Waals surface area contributed by atoms with Crippen LogP contribution in [0.5, 0.6) is 0 Å². The largest absolute Gasteiger partial charge is 0.497 e. The SMILES string of the molecule is CC1=C(C(=O)Nc2ccccc2)SC(O)=C(O)O1. The van der Waals surface area contributed by atoms with Gasteiger partial charge in [0.1, 0.15) is 10.7 Å². The highest BCUT2D eigenvalue weighted by Crippen LogP contribution is 2.34. The van der Waals surface area contributed by atoms with Crippen LogP contribution in [0, 0.1) is 0 Å². The first-order valence-corrected chi connectivity index (χ1v) is 5.95. The molecule has 0 fully saturated rings. The Kier molecular flexibility index (Phi) is 3.47. The standard InChI is InChI=1S/C12H11NO4S/c1-7-9(18-12(16)11(15)17-7)10(14)13-8-5-3-2-4-6-8/h2-6,15-16H,1H3,(H,13,14). The molecule has 1 aliphatic heterocycles. The monoisotopic (exact) mass is 265 g/mol. The summed E-state index contributed by atoms with van der Waals surface area (Å²) in [6, 6.07) is 8.92. The summed E-state index contributed by atoms with van der Waals surface area (Å²) >= 11 is 0.758. The molecule has 3 N–H and O–H groups in total. The molecule has 1 aliphatic rings. The van der Waals surface area contributed by atoms with Gasteiger partial charge in [0.15, 0.2) is 0 Å². The quantitative estimate of drug-likeness (QED) is 0.766. The van der Waals surface area contributed by atoms with E-state index in [4.69, 9.17) is 9.84 Å². The number of hydrogen-bond donors (Lipinski definition) is 3. The fraction of sp³-hybridized carbons (Fsp3) is 0.0833. The van der Waals surface area contributed by atoms with E-state index >= 15 is 0 Å². The van der Waals surface area contributed by atoms with Crippen LogP contribution in [-0.2, 0) is 9.53 Å². The van der Waals surface area contributed by atoms with Gasteiger partial charge in [-0.2, -0.15) is 0 Å². The lowest BCUT2D eigenvalue weighted by molar-refractivity contribution is -0.112. The number of aliphatic hydroxyl groups is 2. The molecule has 0 aromatic heterocycles. The van der Waals surface area contributed by atoms with Crippen molar-refractivity contribution in [3.63, 3.8) is 0 Å². The van der Waals surface area contributed by atoms with Crippen LogP contribution in [0.3, 0.4) is 0 Å². The van der Waals surface area contributed by atoms with Gasteiger partial charge in [-0.05, 0) is 30.8 Å². The number of amides is 1. The number of carbonyl (C=O) groups excluding carboxylic acids is 1. The van der Waals surface area contributed by atoms with Crippen molar-refractivity contribution in [3.8, 4) is 0 Å². The van der Waals surface area contributed by atoms with E-state index in [1.807, 2.05) is 6.07 Å². The molecule has 6 heteroatoms. The van der Waals surface area contributed by atoms with Gasteiger partial charge in [-0.1, -0.05) is 18.2 Å². The molecule has 0 saturated carbocycles. The van der Waals surface area contributed by atoms with E-state index in [9.17, 15) is 9.90 Å². The Bertz CT molecular complexity index is 536. The zero-order chi connectivity index (χ0) is 13.1. The Hall–Kier alpha value is -2.08. The van der Waals surface area contributed by atoms with Crippen molar-refractivity contribution >= 4 is 23.4 Å². The molecule has 0 saturated heterocycles. The summed E-state index contributed by atoms with van der Waals surface area (Å²) < 4.78 is 4.85. The Labute approximate surface area is 108 Å². The summed E-state index contributed by atoms with van der Waals surface area (Å²) in [4.78, 5) is 12.1. The molecule has 18 heavy (non-hydrogen) atoms. The highest BCUT2D eigenvalue weighted by atomic mass is 32.2. The zero-order valence-corrected chi connectivity index (χ0v) is 10.3. The number of ether oxygens (including phenoxy) is 1. The fourth-order valence-electron chi connectivity index (χ4n) is 1.36. The number of hydrogen-bond acceptors (Lipinski definition) is 5. The van der Waals surface area contributed by atoms with Crippen molar-refractivity contribution in [3.05, 3.63) is 52.0 Å². The van der Waals surface area contributed by atoms with Crippen molar-refractivity contribution < 1.29 is 19.7 Å². The number of para-hydroxylation sites is 1. The van der Waals surface area contributed by atoms with Crippen LogP contribution in [0.15, 0.2) is 52.0 Å².